The molecular formula is C9H10N4. The predicted molar refractivity (Wildman–Crippen MR) is 49.2 cm³/mol. The van der Waals surface area contributed by atoms with Crippen LogP contribution in [0.4, 0.5) is 0 Å². The van der Waals surface area contributed by atoms with E-state index in [1.54, 1.807) is 12.5 Å². The zero-order valence-corrected chi connectivity index (χ0v) is 7.60. The highest BCUT2D eigenvalue weighted by atomic mass is 15.1. The first kappa shape index (κ1) is 8.04. The van der Waals surface area contributed by atoms with Crippen molar-refractivity contribution in [3.8, 4) is 0 Å². The van der Waals surface area contributed by atoms with E-state index in [-0.39, 0.29) is 0 Å². The van der Waals surface area contributed by atoms with Crippen LogP contribution in [0.1, 0.15) is 25.5 Å². The summed E-state index contributed by atoms with van der Waals surface area (Å²) in [5.41, 5.74) is 2.62. The highest BCUT2D eigenvalue weighted by molar-refractivity contribution is 5.75. The fourth-order valence-electron chi connectivity index (χ4n) is 1.25. The summed E-state index contributed by atoms with van der Waals surface area (Å²) in [5.74, 6) is 0.349. The van der Waals surface area contributed by atoms with Gasteiger partial charge in [0.05, 0.1) is 17.4 Å². The minimum absolute atomic E-state index is 0.349. The Morgan fingerprint density at radius 3 is 2.85 bits per heavy atom. The van der Waals surface area contributed by atoms with Gasteiger partial charge in [-0.1, -0.05) is 13.8 Å². The molecular weight excluding hydrogens is 164 g/mol. The van der Waals surface area contributed by atoms with Crippen molar-refractivity contribution in [2.45, 2.75) is 19.8 Å². The van der Waals surface area contributed by atoms with Crippen molar-refractivity contribution in [2.75, 3.05) is 0 Å². The normalized spacial score (nSPS) is 11.0. The molecule has 2 heterocycles. The Morgan fingerprint density at radius 1 is 1.23 bits per heavy atom. The minimum atomic E-state index is 0.349. The summed E-state index contributed by atoms with van der Waals surface area (Å²) >= 11 is 0. The highest BCUT2D eigenvalue weighted by Crippen LogP contribution is 2.17. The van der Waals surface area contributed by atoms with Gasteiger partial charge in [-0.3, -0.25) is 0 Å². The molecule has 4 heteroatoms. The molecule has 0 saturated heterocycles. The van der Waals surface area contributed by atoms with Crippen LogP contribution < -0.4 is 0 Å². The molecule has 0 amide bonds. The maximum Gasteiger partial charge on any atom is 0.133 e. The van der Waals surface area contributed by atoms with E-state index in [9.17, 15) is 0 Å². The molecule has 0 fully saturated rings. The van der Waals surface area contributed by atoms with Crippen LogP contribution in [-0.2, 0) is 0 Å². The van der Waals surface area contributed by atoms with Crippen molar-refractivity contribution in [2.24, 2.45) is 0 Å². The summed E-state index contributed by atoms with van der Waals surface area (Å²) in [5, 5.41) is 7.85. The van der Waals surface area contributed by atoms with Crippen molar-refractivity contribution in [1.82, 2.24) is 20.2 Å². The predicted octanol–water partition coefficient (Wildman–Crippen LogP) is 1.54. The molecule has 0 saturated carbocycles. The first-order valence-electron chi connectivity index (χ1n) is 4.21. The number of hydrogen-bond acceptors (Lipinski definition) is 4. The molecule has 4 nitrogen and oxygen atoms in total. The van der Waals surface area contributed by atoms with Gasteiger partial charge in [-0.05, 0) is 12.0 Å². The van der Waals surface area contributed by atoms with Gasteiger partial charge in [0.25, 0.3) is 0 Å². The summed E-state index contributed by atoms with van der Waals surface area (Å²) in [4.78, 5) is 8.30. The zero-order valence-electron chi connectivity index (χ0n) is 7.60. The Bertz CT molecular complexity index is 419. The lowest BCUT2D eigenvalue weighted by molar-refractivity contribution is 0.819. The molecule has 0 bridgehead atoms. The molecule has 0 unspecified atom stereocenters. The highest BCUT2D eigenvalue weighted by Gasteiger charge is 2.07. The maximum absolute atomic E-state index is 4.19. The van der Waals surface area contributed by atoms with E-state index in [2.05, 4.69) is 34.0 Å². The summed E-state index contributed by atoms with van der Waals surface area (Å²) in [6, 6.07) is 1.84. The first-order chi connectivity index (χ1) is 6.29. The molecule has 0 radical (unpaired) electrons. The number of rotatable bonds is 1. The van der Waals surface area contributed by atoms with Crippen LogP contribution in [0.5, 0.6) is 0 Å². The van der Waals surface area contributed by atoms with Crippen LogP contribution in [0.2, 0.25) is 0 Å². The Hall–Kier alpha value is -1.58. The van der Waals surface area contributed by atoms with Crippen LogP contribution >= 0.6 is 0 Å². The van der Waals surface area contributed by atoms with Gasteiger partial charge in [0.15, 0.2) is 0 Å². The van der Waals surface area contributed by atoms with Gasteiger partial charge in [0.1, 0.15) is 11.8 Å². The molecule has 2 aromatic rings. The molecule has 0 spiro atoms. The van der Waals surface area contributed by atoms with Crippen molar-refractivity contribution >= 4 is 11.0 Å². The molecule has 2 aromatic heterocycles. The molecule has 13 heavy (non-hydrogen) atoms. The third-order valence-electron chi connectivity index (χ3n) is 1.88. The van der Waals surface area contributed by atoms with Gasteiger partial charge in [-0.25, -0.2) is 9.97 Å². The van der Waals surface area contributed by atoms with E-state index >= 15 is 0 Å². The van der Waals surface area contributed by atoms with E-state index in [1.807, 2.05) is 6.07 Å². The fraction of sp³-hybridized carbons (Fsp3) is 0.333. The summed E-state index contributed by atoms with van der Waals surface area (Å²) in [7, 11) is 0. The fourth-order valence-corrected chi connectivity index (χ4v) is 1.25. The average Bonchev–Trinajstić information content (AvgIpc) is 2.17. The molecule has 0 aliphatic heterocycles. The minimum Gasteiger partial charge on any atom is -0.239 e. The lowest BCUT2D eigenvalue weighted by Gasteiger charge is -2.04. The largest absolute Gasteiger partial charge is 0.239 e. The van der Waals surface area contributed by atoms with Crippen LogP contribution in [0.25, 0.3) is 11.0 Å². The number of nitrogens with zero attached hydrogens (tertiary/aromatic N) is 4. The topological polar surface area (TPSA) is 51.6 Å². The van der Waals surface area contributed by atoms with Gasteiger partial charge < -0.3 is 0 Å². The Labute approximate surface area is 76.1 Å². The van der Waals surface area contributed by atoms with E-state index < -0.39 is 0 Å². The van der Waals surface area contributed by atoms with Gasteiger partial charge in [-0.2, -0.15) is 5.10 Å². The van der Waals surface area contributed by atoms with Crippen LogP contribution in [0, 0.1) is 0 Å². The summed E-state index contributed by atoms with van der Waals surface area (Å²) < 4.78 is 0. The molecule has 0 aromatic carbocycles. The standard InChI is InChI=1S/C9H10N4/c1-6(2)8-9-7(10-5-11-8)3-4-12-13-9/h3-6H,1-2H3. The van der Waals surface area contributed by atoms with Gasteiger partial charge >= 0.3 is 0 Å². The number of hydrogen-bond donors (Lipinski definition) is 0. The van der Waals surface area contributed by atoms with Crippen LogP contribution in [0.3, 0.4) is 0 Å². The maximum atomic E-state index is 4.19. The second-order valence-electron chi connectivity index (χ2n) is 3.18. The van der Waals surface area contributed by atoms with Crippen molar-refractivity contribution in [3.63, 3.8) is 0 Å². The third kappa shape index (κ3) is 1.35. The van der Waals surface area contributed by atoms with Gasteiger partial charge in [-0.15, -0.1) is 5.10 Å². The Kier molecular flexibility index (Phi) is 1.88. The average molecular weight is 174 g/mol. The first-order valence-corrected chi connectivity index (χ1v) is 4.21. The second kappa shape index (κ2) is 3.05. The van der Waals surface area contributed by atoms with E-state index in [4.69, 9.17) is 0 Å². The zero-order chi connectivity index (χ0) is 9.26. The van der Waals surface area contributed by atoms with E-state index in [0.29, 0.717) is 5.92 Å². The number of aromatic nitrogens is 4. The van der Waals surface area contributed by atoms with Crippen molar-refractivity contribution < 1.29 is 0 Å². The Morgan fingerprint density at radius 2 is 2.08 bits per heavy atom. The quantitative estimate of drug-likeness (QED) is 0.658. The summed E-state index contributed by atoms with van der Waals surface area (Å²) in [6.45, 7) is 4.16. The van der Waals surface area contributed by atoms with Crippen molar-refractivity contribution in [3.05, 3.63) is 24.3 Å². The molecule has 2 rings (SSSR count). The van der Waals surface area contributed by atoms with Crippen LogP contribution in [0.15, 0.2) is 18.6 Å². The van der Waals surface area contributed by atoms with Crippen LogP contribution in [-0.4, -0.2) is 20.2 Å². The molecule has 66 valence electrons. The smallest absolute Gasteiger partial charge is 0.133 e. The monoisotopic (exact) mass is 174 g/mol. The summed E-state index contributed by atoms with van der Waals surface area (Å²) in [6.07, 6.45) is 3.21. The van der Waals surface area contributed by atoms with E-state index in [1.165, 1.54) is 0 Å². The molecule has 0 atom stereocenters. The lowest BCUT2D eigenvalue weighted by atomic mass is 10.1. The van der Waals surface area contributed by atoms with Gasteiger partial charge in [0, 0.05) is 0 Å². The SMILES string of the molecule is CC(C)c1ncnc2ccnnc12. The second-order valence-corrected chi connectivity index (χ2v) is 3.18. The Balaban J connectivity index is 2.76. The molecule has 0 aliphatic rings. The lowest BCUT2D eigenvalue weighted by Crippen LogP contribution is -1.98. The third-order valence-corrected chi connectivity index (χ3v) is 1.88. The van der Waals surface area contributed by atoms with Crippen molar-refractivity contribution in [1.29, 1.82) is 0 Å². The number of fused-ring (bicyclic) bond motifs is 1. The van der Waals surface area contributed by atoms with Gasteiger partial charge in [0.2, 0.25) is 0 Å². The van der Waals surface area contributed by atoms with E-state index in [0.717, 1.165) is 16.7 Å². The molecule has 0 N–H and O–H groups in total. The molecule has 0 aliphatic carbocycles.